The molecule has 0 unspecified atom stereocenters. The summed E-state index contributed by atoms with van der Waals surface area (Å²) in [7, 11) is 0. The summed E-state index contributed by atoms with van der Waals surface area (Å²) in [5.74, 6) is -0.123. The number of pyridine rings is 3. The number of hydrogen-bond acceptors (Lipinski definition) is 4. The number of fused-ring (bicyclic) bond motifs is 1. The summed E-state index contributed by atoms with van der Waals surface area (Å²) in [6.07, 6.45) is 5.19. The first kappa shape index (κ1) is 19.8. The van der Waals surface area contributed by atoms with Crippen molar-refractivity contribution in [2.75, 3.05) is 5.32 Å². The van der Waals surface area contributed by atoms with Gasteiger partial charge in [-0.25, -0.2) is 9.37 Å². The molecule has 0 fully saturated rings. The Kier molecular flexibility index (Phi) is 5.30. The van der Waals surface area contributed by atoms with Gasteiger partial charge in [0.2, 0.25) is 0 Å². The topological polar surface area (TPSA) is 50.7 Å². The molecule has 0 aliphatic heterocycles. The number of halogens is 1. The molecular weight excluding hydrogens is 399 g/mol. The summed E-state index contributed by atoms with van der Waals surface area (Å²) in [5.41, 5.74) is 6.47. The zero-order valence-electron chi connectivity index (χ0n) is 17.6. The Labute approximate surface area is 185 Å². The van der Waals surface area contributed by atoms with Crippen LogP contribution in [-0.2, 0) is 6.54 Å². The molecule has 3 aromatic heterocycles. The molecule has 3 heterocycles. The molecule has 2 aromatic carbocycles. The average molecular weight is 420 g/mol. The summed E-state index contributed by atoms with van der Waals surface area (Å²) in [6.45, 7) is 2.46. The highest BCUT2D eigenvalue weighted by Gasteiger charge is 2.12. The van der Waals surface area contributed by atoms with Gasteiger partial charge in [0.25, 0.3) is 0 Å². The lowest BCUT2D eigenvalue weighted by Gasteiger charge is -2.11. The predicted molar refractivity (Wildman–Crippen MR) is 127 cm³/mol. The highest BCUT2D eigenvalue weighted by Crippen LogP contribution is 2.29. The van der Waals surface area contributed by atoms with Crippen LogP contribution in [-0.4, -0.2) is 15.0 Å². The van der Waals surface area contributed by atoms with Crippen LogP contribution in [0.25, 0.3) is 33.2 Å². The molecular formula is C27H21FN4. The quantitative estimate of drug-likeness (QED) is 0.356. The molecule has 0 radical (unpaired) electrons. The summed E-state index contributed by atoms with van der Waals surface area (Å²) < 4.78 is 15.2. The largest absolute Gasteiger partial charge is 0.364 e. The second kappa shape index (κ2) is 8.55. The second-order valence-corrected chi connectivity index (χ2v) is 7.67. The van der Waals surface area contributed by atoms with Crippen molar-refractivity contribution in [3.05, 3.63) is 108 Å². The minimum Gasteiger partial charge on any atom is -0.364 e. The fraction of sp³-hybridized carbons (Fsp3) is 0.0741. The first-order chi connectivity index (χ1) is 15.7. The Morgan fingerprint density at radius 2 is 1.56 bits per heavy atom. The first-order valence-corrected chi connectivity index (χ1v) is 10.4. The Morgan fingerprint density at radius 3 is 2.41 bits per heavy atom. The SMILES string of the molecule is Cc1cc(-c2ccc(CNc3nccc(-c4ccc5ncccc5c4)c3F)cc2)ccn1. The molecule has 0 saturated heterocycles. The van der Waals surface area contributed by atoms with Crippen molar-refractivity contribution in [3.8, 4) is 22.3 Å². The Bertz CT molecular complexity index is 1400. The van der Waals surface area contributed by atoms with Crippen LogP contribution in [0.2, 0.25) is 0 Å². The molecule has 5 aromatic rings. The van der Waals surface area contributed by atoms with E-state index in [1.54, 1.807) is 18.5 Å². The lowest BCUT2D eigenvalue weighted by atomic mass is 10.0. The zero-order chi connectivity index (χ0) is 21.9. The third kappa shape index (κ3) is 4.05. The number of benzene rings is 2. The number of aryl methyl sites for hydroxylation is 1. The van der Waals surface area contributed by atoms with Crippen molar-refractivity contribution >= 4 is 16.7 Å². The smallest absolute Gasteiger partial charge is 0.173 e. The summed E-state index contributed by atoms with van der Waals surface area (Å²) in [5, 5.41) is 4.11. The Morgan fingerprint density at radius 1 is 0.750 bits per heavy atom. The molecule has 1 N–H and O–H groups in total. The number of aromatic nitrogens is 3. The lowest BCUT2D eigenvalue weighted by Crippen LogP contribution is -2.04. The van der Waals surface area contributed by atoms with Gasteiger partial charge in [-0.3, -0.25) is 9.97 Å². The van der Waals surface area contributed by atoms with Gasteiger partial charge in [-0.05, 0) is 65.6 Å². The van der Waals surface area contributed by atoms with Crippen molar-refractivity contribution in [1.29, 1.82) is 0 Å². The Hall–Kier alpha value is -4.12. The van der Waals surface area contributed by atoms with E-state index < -0.39 is 0 Å². The fourth-order valence-corrected chi connectivity index (χ4v) is 3.76. The molecule has 0 spiro atoms. The van der Waals surface area contributed by atoms with Crippen molar-refractivity contribution < 1.29 is 4.39 Å². The number of nitrogens with zero attached hydrogens (tertiary/aromatic N) is 3. The van der Waals surface area contributed by atoms with Gasteiger partial charge in [-0.2, -0.15) is 0 Å². The van der Waals surface area contributed by atoms with Crippen LogP contribution in [0.3, 0.4) is 0 Å². The molecule has 0 amide bonds. The maximum atomic E-state index is 15.2. The summed E-state index contributed by atoms with van der Waals surface area (Å²) in [6, 6.07) is 23.5. The molecule has 0 bridgehead atoms. The molecule has 0 saturated carbocycles. The van der Waals surface area contributed by atoms with E-state index in [0.29, 0.717) is 12.1 Å². The normalized spacial score (nSPS) is 10.9. The summed E-state index contributed by atoms with van der Waals surface area (Å²) >= 11 is 0. The third-order valence-electron chi connectivity index (χ3n) is 5.45. The van der Waals surface area contributed by atoms with Crippen molar-refractivity contribution in [2.45, 2.75) is 13.5 Å². The van der Waals surface area contributed by atoms with Crippen LogP contribution in [0.1, 0.15) is 11.3 Å². The van der Waals surface area contributed by atoms with Gasteiger partial charge in [0.15, 0.2) is 11.6 Å². The molecule has 5 rings (SSSR count). The van der Waals surface area contributed by atoms with E-state index in [4.69, 9.17) is 0 Å². The van der Waals surface area contributed by atoms with Gasteiger partial charge in [-0.15, -0.1) is 0 Å². The molecule has 156 valence electrons. The van der Waals surface area contributed by atoms with Crippen molar-refractivity contribution in [2.24, 2.45) is 0 Å². The van der Waals surface area contributed by atoms with E-state index in [1.165, 1.54) is 0 Å². The van der Waals surface area contributed by atoms with Crippen molar-refractivity contribution in [1.82, 2.24) is 15.0 Å². The molecule has 32 heavy (non-hydrogen) atoms. The van der Waals surface area contributed by atoms with E-state index in [1.807, 2.05) is 61.7 Å². The van der Waals surface area contributed by atoms with Gasteiger partial charge < -0.3 is 5.32 Å². The van der Waals surface area contributed by atoms with Crippen LogP contribution in [0.4, 0.5) is 10.2 Å². The molecule has 0 aliphatic rings. The van der Waals surface area contributed by atoms with Crippen molar-refractivity contribution in [3.63, 3.8) is 0 Å². The molecule has 5 heteroatoms. The number of hydrogen-bond donors (Lipinski definition) is 1. The molecule has 0 aliphatic carbocycles. The Balaban J connectivity index is 1.35. The van der Waals surface area contributed by atoms with Gasteiger partial charge in [0.1, 0.15) is 0 Å². The predicted octanol–water partition coefficient (Wildman–Crippen LogP) is 6.42. The zero-order valence-corrected chi connectivity index (χ0v) is 17.6. The van der Waals surface area contributed by atoms with Gasteiger partial charge in [0, 0.05) is 41.8 Å². The average Bonchev–Trinajstić information content (AvgIpc) is 2.83. The van der Waals surface area contributed by atoms with Gasteiger partial charge in [0.05, 0.1) is 5.52 Å². The monoisotopic (exact) mass is 420 g/mol. The highest BCUT2D eigenvalue weighted by atomic mass is 19.1. The van der Waals surface area contributed by atoms with Gasteiger partial charge >= 0.3 is 0 Å². The maximum Gasteiger partial charge on any atom is 0.173 e. The van der Waals surface area contributed by atoms with Crippen LogP contribution in [0.5, 0.6) is 0 Å². The van der Waals surface area contributed by atoms with Gasteiger partial charge in [-0.1, -0.05) is 36.4 Å². The van der Waals surface area contributed by atoms with E-state index in [-0.39, 0.29) is 11.6 Å². The third-order valence-corrected chi connectivity index (χ3v) is 5.45. The number of rotatable bonds is 5. The van der Waals surface area contributed by atoms with E-state index in [9.17, 15) is 0 Å². The second-order valence-electron chi connectivity index (χ2n) is 7.67. The van der Waals surface area contributed by atoms with Crippen LogP contribution >= 0.6 is 0 Å². The number of anilines is 1. The minimum absolute atomic E-state index is 0.239. The lowest BCUT2D eigenvalue weighted by molar-refractivity contribution is 0.628. The molecule has 4 nitrogen and oxygen atoms in total. The standard InChI is InChI=1S/C27H21FN4/c1-18-15-21(10-13-29-18)20-6-4-19(5-7-20)17-32-27-26(28)24(11-14-31-27)22-8-9-25-23(16-22)3-2-12-30-25/h2-16H,17H2,1H3,(H,31,32). The van der Waals surface area contributed by atoms with Crippen LogP contribution in [0.15, 0.2) is 91.4 Å². The van der Waals surface area contributed by atoms with E-state index in [0.717, 1.165) is 38.9 Å². The summed E-state index contributed by atoms with van der Waals surface area (Å²) in [4.78, 5) is 12.8. The maximum absolute atomic E-state index is 15.2. The van der Waals surface area contributed by atoms with Crippen LogP contribution < -0.4 is 5.32 Å². The first-order valence-electron chi connectivity index (χ1n) is 10.4. The fourth-order valence-electron chi connectivity index (χ4n) is 3.76. The van der Waals surface area contributed by atoms with E-state index >= 15 is 4.39 Å². The minimum atomic E-state index is -0.361. The highest BCUT2D eigenvalue weighted by molar-refractivity contribution is 5.84. The molecule has 0 atom stereocenters. The van der Waals surface area contributed by atoms with E-state index in [2.05, 4.69) is 38.5 Å². The van der Waals surface area contributed by atoms with Crippen LogP contribution in [0, 0.1) is 12.7 Å². The number of nitrogens with one attached hydrogen (secondary N) is 1.